The molecule has 0 spiro atoms. The van der Waals surface area contributed by atoms with Crippen LogP contribution in [0.4, 0.5) is 13.2 Å². The molecule has 38 heavy (non-hydrogen) atoms. The van der Waals surface area contributed by atoms with Crippen molar-refractivity contribution in [3.05, 3.63) is 68.5 Å². The number of carbonyl (C=O) groups excluding carboxylic acids is 2. The summed E-state index contributed by atoms with van der Waals surface area (Å²) < 4.78 is 51.8. The largest absolute Gasteiger partial charge is 0.460 e. The van der Waals surface area contributed by atoms with Gasteiger partial charge in [-0.05, 0) is 70.0 Å². The average molecular weight is 616 g/mol. The minimum atomic E-state index is -3.19. The number of amides is 1. The van der Waals surface area contributed by atoms with Gasteiger partial charge in [0, 0.05) is 34.3 Å². The van der Waals surface area contributed by atoms with E-state index in [2.05, 4.69) is 31.0 Å². The lowest BCUT2D eigenvalue weighted by Crippen LogP contribution is -2.31. The Bertz CT molecular complexity index is 1350. The van der Waals surface area contributed by atoms with Crippen LogP contribution < -0.4 is 10.1 Å². The minimum absolute atomic E-state index is 0.00188. The molecule has 2 aromatic carbocycles. The first-order valence-corrected chi connectivity index (χ1v) is 12.9. The first kappa shape index (κ1) is 29.7. The van der Waals surface area contributed by atoms with E-state index in [0.29, 0.717) is 16.5 Å². The zero-order chi connectivity index (χ0) is 28.2. The van der Waals surface area contributed by atoms with Crippen LogP contribution in [-0.2, 0) is 9.53 Å². The number of pyridine rings is 1. The summed E-state index contributed by atoms with van der Waals surface area (Å²) in [7, 11) is 0. The van der Waals surface area contributed by atoms with Gasteiger partial charge < -0.3 is 14.8 Å². The van der Waals surface area contributed by atoms with Gasteiger partial charge in [0.2, 0.25) is 0 Å². The molecule has 0 saturated carbocycles. The van der Waals surface area contributed by atoms with Gasteiger partial charge in [-0.15, -0.1) is 0 Å². The number of nitrogens with one attached hydrogen (secondary N) is 1. The van der Waals surface area contributed by atoms with Gasteiger partial charge in [-0.1, -0.05) is 33.6 Å². The third-order valence-corrected chi connectivity index (χ3v) is 6.48. The van der Waals surface area contributed by atoms with E-state index >= 15 is 0 Å². The molecule has 6 nitrogen and oxygen atoms in total. The SMILES string of the molecule is Cc1c(Cl)nc2ccc(Br)cc2c1C(=O)NCC(CCC(=O)OC(C)(C)C)c1c(F)cccc1OC(F)F. The lowest BCUT2D eigenvalue weighted by molar-refractivity contribution is -0.155. The molecule has 1 amide bonds. The molecule has 1 unspecified atom stereocenters. The van der Waals surface area contributed by atoms with Crippen molar-refractivity contribution in [3.8, 4) is 5.75 Å². The highest BCUT2D eigenvalue weighted by molar-refractivity contribution is 9.10. The highest BCUT2D eigenvalue weighted by Crippen LogP contribution is 2.34. The zero-order valence-corrected chi connectivity index (χ0v) is 23.6. The van der Waals surface area contributed by atoms with Crippen molar-refractivity contribution < 1.29 is 32.2 Å². The molecule has 0 radical (unpaired) electrons. The van der Waals surface area contributed by atoms with Crippen LogP contribution in [0.3, 0.4) is 0 Å². The Morgan fingerprint density at radius 3 is 2.55 bits per heavy atom. The highest BCUT2D eigenvalue weighted by atomic mass is 79.9. The molecule has 3 aromatic rings. The third-order valence-electron chi connectivity index (χ3n) is 5.62. The number of ether oxygens (including phenoxy) is 2. The van der Waals surface area contributed by atoms with Crippen molar-refractivity contribution in [2.45, 2.75) is 58.7 Å². The molecule has 0 aliphatic carbocycles. The number of nitrogens with zero attached hydrogens (tertiary/aromatic N) is 1. The Balaban J connectivity index is 1.95. The quantitative estimate of drug-likeness (QED) is 0.201. The van der Waals surface area contributed by atoms with E-state index in [1.165, 1.54) is 12.1 Å². The molecule has 0 bridgehead atoms. The Kier molecular flexibility index (Phi) is 9.64. The topological polar surface area (TPSA) is 77.5 Å². The molecule has 3 rings (SSSR count). The van der Waals surface area contributed by atoms with Crippen LogP contribution in [0.15, 0.2) is 40.9 Å². The summed E-state index contributed by atoms with van der Waals surface area (Å²) in [6.07, 6.45) is -0.144. The number of halogens is 5. The van der Waals surface area contributed by atoms with Crippen molar-refractivity contribution >= 4 is 50.3 Å². The normalized spacial score (nSPS) is 12.5. The van der Waals surface area contributed by atoms with Gasteiger partial charge in [0.1, 0.15) is 22.3 Å². The summed E-state index contributed by atoms with van der Waals surface area (Å²) in [5.74, 6) is -3.14. The van der Waals surface area contributed by atoms with E-state index < -0.39 is 35.8 Å². The van der Waals surface area contributed by atoms with Crippen molar-refractivity contribution in [1.82, 2.24) is 10.3 Å². The number of esters is 1. The van der Waals surface area contributed by atoms with Crippen LogP contribution in [0.2, 0.25) is 5.15 Å². The maximum atomic E-state index is 15.0. The van der Waals surface area contributed by atoms with Crippen LogP contribution in [0.25, 0.3) is 10.9 Å². The smallest absolute Gasteiger partial charge is 0.387 e. The fourth-order valence-corrected chi connectivity index (χ4v) is 4.59. The van der Waals surface area contributed by atoms with Crippen LogP contribution in [0, 0.1) is 12.7 Å². The average Bonchev–Trinajstić information content (AvgIpc) is 2.79. The van der Waals surface area contributed by atoms with Crippen molar-refractivity contribution in [2.75, 3.05) is 6.54 Å². The number of benzene rings is 2. The van der Waals surface area contributed by atoms with Crippen molar-refractivity contribution in [1.29, 1.82) is 0 Å². The number of hydrogen-bond acceptors (Lipinski definition) is 5. The number of fused-ring (bicyclic) bond motifs is 1. The van der Waals surface area contributed by atoms with Gasteiger partial charge >= 0.3 is 12.6 Å². The Labute approximate surface area is 232 Å². The van der Waals surface area contributed by atoms with Crippen molar-refractivity contribution in [2.24, 2.45) is 0 Å². The van der Waals surface area contributed by atoms with Crippen molar-refractivity contribution in [3.63, 3.8) is 0 Å². The second kappa shape index (κ2) is 12.3. The molecule has 0 aliphatic rings. The summed E-state index contributed by atoms with van der Waals surface area (Å²) in [5, 5.41) is 3.44. The fraction of sp³-hybridized carbons (Fsp3) is 0.370. The summed E-state index contributed by atoms with van der Waals surface area (Å²) in [5.41, 5.74) is 0.291. The van der Waals surface area contributed by atoms with Crippen LogP contribution in [0.5, 0.6) is 5.75 Å². The fourth-order valence-electron chi connectivity index (χ4n) is 4.04. The van der Waals surface area contributed by atoms with Crippen LogP contribution in [-0.4, -0.2) is 35.6 Å². The number of alkyl halides is 2. The molecule has 0 fully saturated rings. The van der Waals surface area contributed by atoms with Gasteiger partial charge in [-0.25, -0.2) is 9.37 Å². The summed E-state index contributed by atoms with van der Waals surface area (Å²) in [6.45, 7) is 3.40. The molecule has 11 heteroatoms. The maximum absolute atomic E-state index is 15.0. The Hall–Kier alpha value is -2.85. The molecule has 1 aromatic heterocycles. The summed E-state index contributed by atoms with van der Waals surface area (Å²) in [4.78, 5) is 30.1. The van der Waals surface area contributed by atoms with Gasteiger partial charge in [-0.2, -0.15) is 8.78 Å². The monoisotopic (exact) mass is 614 g/mol. The molecule has 204 valence electrons. The summed E-state index contributed by atoms with van der Waals surface area (Å²) >= 11 is 9.66. The van der Waals surface area contributed by atoms with E-state index in [1.807, 2.05) is 0 Å². The zero-order valence-electron chi connectivity index (χ0n) is 21.2. The predicted octanol–water partition coefficient (Wildman–Crippen LogP) is 7.34. The standard InChI is InChI=1S/C27H27BrClF3N2O4/c1-14-22(17-12-16(28)9-10-19(17)34-24(14)29)25(36)33-13-15(8-11-21(35)38-27(2,3)4)23-18(30)6-5-7-20(23)37-26(31)32/h5-7,9-10,12,15,26H,8,11,13H2,1-4H3,(H,33,36). The second-order valence-electron chi connectivity index (χ2n) is 9.63. The van der Waals surface area contributed by atoms with Gasteiger partial charge in [0.25, 0.3) is 5.91 Å². The molecule has 1 N–H and O–H groups in total. The lowest BCUT2D eigenvalue weighted by atomic mass is 9.92. The van der Waals surface area contributed by atoms with E-state index in [9.17, 15) is 22.8 Å². The Morgan fingerprint density at radius 1 is 1.18 bits per heavy atom. The predicted molar refractivity (Wildman–Crippen MR) is 142 cm³/mol. The molecule has 1 heterocycles. The van der Waals surface area contributed by atoms with Gasteiger partial charge in [-0.3, -0.25) is 9.59 Å². The van der Waals surface area contributed by atoms with E-state index in [-0.39, 0.29) is 41.4 Å². The van der Waals surface area contributed by atoms with E-state index in [4.69, 9.17) is 16.3 Å². The first-order chi connectivity index (χ1) is 17.8. The van der Waals surface area contributed by atoms with E-state index in [0.717, 1.165) is 10.5 Å². The van der Waals surface area contributed by atoms with E-state index in [1.54, 1.807) is 45.9 Å². The first-order valence-electron chi connectivity index (χ1n) is 11.8. The number of hydrogen-bond donors (Lipinski definition) is 1. The van der Waals surface area contributed by atoms with Crippen LogP contribution >= 0.6 is 27.5 Å². The maximum Gasteiger partial charge on any atom is 0.387 e. The number of aromatic nitrogens is 1. The highest BCUT2D eigenvalue weighted by Gasteiger charge is 2.26. The minimum Gasteiger partial charge on any atom is -0.460 e. The third kappa shape index (κ3) is 7.60. The summed E-state index contributed by atoms with van der Waals surface area (Å²) in [6, 6.07) is 8.76. The molecule has 1 atom stereocenters. The van der Waals surface area contributed by atoms with Gasteiger partial charge in [0.05, 0.1) is 11.1 Å². The molecule has 0 aliphatic heterocycles. The molecule has 0 saturated heterocycles. The Morgan fingerprint density at radius 2 is 1.89 bits per heavy atom. The second-order valence-corrected chi connectivity index (χ2v) is 10.9. The molecular weight excluding hydrogens is 589 g/mol. The lowest BCUT2D eigenvalue weighted by Gasteiger charge is -2.23. The number of carbonyl (C=O) groups is 2. The molecular formula is C27H27BrClF3N2O4. The van der Waals surface area contributed by atoms with Gasteiger partial charge in [0.15, 0.2) is 0 Å². The van der Waals surface area contributed by atoms with Crippen LogP contribution in [0.1, 0.15) is 61.0 Å². The number of rotatable bonds is 9.